The predicted octanol–water partition coefficient (Wildman–Crippen LogP) is 3.24. The van der Waals surface area contributed by atoms with Gasteiger partial charge in [-0.15, -0.1) is 0 Å². The number of thioether (sulfide) groups is 1. The summed E-state index contributed by atoms with van der Waals surface area (Å²) in [5, 5.41) is 8.88. The molecule has 0 radical (unpaired) electrons. The van der Waals surface area contributed by atoms with Crippen molar-refractivity contribution in [2.45, 2.75) is 0 Å². The number of aliphatic carboxylic acids is 1. The molecular formula is C21H17NO6S2. The van der Waals surface area contributed by atoms with E-state index in [9.17, 15) is 14.4 Å². The quantitative estimate of drug-likeness (QED) is 0.378. The fraction of sp³-hybridized carbons (Fsp3) is 0.143. The van der Waals surface area contributed by atoms with Crippen LogP contribution in [-0.2, 0) is 9.59 Å². The van der Waals surface area contributed by atoms with Crippen molar-refractivity contribution in [3.05, 3.63) is 64.6 Å². The summed E-state index contributed by atoms with van der Waals surface area (Å²) in [7, 11) is 1.50. The summed E-state index contributed by atoms with van der Waals surface area (Å²) in [5.41, 5.74) is 1.16. The molecule has 7 nitrogen and oxygen atoms in total. The van der Waals surface area contributed by atoms with Crippen LogP contribution in [0.3, 0.4) is 0 Å². The molecule has 1 fully saturated rings. The van der Waals surface area contributed by atoms with Crippen LogP contribution in [0.25, 0.3) is 6.08 Å². The lowest BCUT2D eigenvalue weighted by atomic mass is 10.1. The third kappa shape index (κ3) is 5.05. The van der Waals surface area contributed by atoms with Gasteiger partial charge in [0.25, 0.3) is 5.91 Å². The molecule has 9 heteroatoms. The number of carbonyl (C=O) groups excluding carboxylic acids is 2. The topological polar surface area (TPSA) is 93.1 Å². The van der Waals surface area contributed by atoms with E-state index in [0.29, 0.717) is 27.5 Å². The molecule has 0 bridgehead atoms. The van der Waals surface area contributed by atoms with Crippen molar-refractivity contribution in [3.63, 3.8) is 0 Å². The molecule has 2 aromatic rings. The molecule has 154 valence electrons. The fourth-order valence-corrected chi connectivity index (χ4v) is 3.94. The van der Waals surface area contributed by atoms with E-state index in [1.165, 1.54) is 7.11 Å². The normalized spacial score (nSPS) is 14.8. The molecule has 0 atom stereocenters. The van der Waals surface area contributed by atoms with E-state index in [1.807, 2.05) is 0 Å². The van der Waals surface area contributed by atoms with Gasteiger partial charge in [0.2, 0.25) is 5.78 Å². The van der Waals surface area contributed by atoms with Gasteiger partial charge in [-0.25, -0.2) is 0 Å². The number of benzene rings is 2. The van der Waals surface area contributed by atoms with E-state index in [0.717, 1.165) is 16.7 Å². The highest BCUT2D eigenvalue weighted by Crippen LogP contribution is 2.32. The molecule has 2 aromatic carbocycles. The van der Waals surface area contributed by atoms with Crippen molar-refractivity contribution in [3.8, 4) is 11.5 Å². The molecule has 1 aliphatic heterocycles. The predicted molar refractivity (Wildman–Crippen MR) is 117 cm³/mol. The Hall–Kier alpha value is -3.17. The van der Waals surface area contributed by atoms with Crippen molar-refractivity contribution in [1.29, 1.82) is 0 Å². The van der Waals surface area contributed by atoms with Crippen LogP contribution in [0.5, 0.6) is 11.5 Å². The second-order valence-electron chi connectivity index (χ2n) is 6.14. The third-order valence-electron chi connectivity index (χ3n) is 4.12. The summed E-state index contributed by atoms with van der Waals surface area (Å²) in [5.74, 6) is -0.791. The zero-order valence-electron chi connectivity index (χ0n) is 15.9. The van der Waals surface area contributed by atoms with E-state index in [-0.39, 0.29) is 16.7 Å². The summed E-state index contributed by atoms with van der Waals surface area (Å²) in [6.45, 7) is -0.609. The largest absolute Gasteiger partial charge is 0.496 e. The van der Waals surface area contributed by atoms with Gasteiger partial charge in [0.15, 0.2) is 6.61 Å². The van der Waals surface area contributed by atoms with Crippen molar-refractivity contribution in [1.82, 2.24) is 4.90 Å². The van der Waals surface area contributed by atoms with Crippen LogP contribution in [0.2, 0.25) is 0 Å². The zero-order chi connectivity index (χ0) is 21.7. The SMILES string of the molecule is COc1ccccc1C(=O)COc1ccc(/C=C2\SC(=S)N(CC(=O)O)C2=O)cc1. The van der Waals surface area contributed by atoms with Crippen LogP contribution in [0.15, 0.2) is 53.4 Å². The number of ketones is 1. The number of carboxylic acid groups (broad SMARTS) is 1. The first-order chi connectivity index (χ1) is 14.4. The summed E-state index contributed by atoms with van der Waals surface area (Å²) in [4.78, 5) is 36.9. The summed E-state index contributed by atoms with van der Waals surface area (Å²) >= 11 is 6.13. The highest BCUT2D eigenvalue weighted by Gasteiger charge is 2.33. The molecular weight excluding hydrogens is 426 g/mol. The number of carbonyl (C=O) groups is 3. The lowest BCUT2D eigenvalue weighted by molar-refractivity contribution is -0.140. The first kappa shape index (κ1) is 21.5. The van der Waals surface area contributed by atoms with Gasteiger partial charge in [0, 0.05) is 0 Å². The van der Waals surface area contributed by atoms with Crippen LogP contribution in [0.4, 0.5) is 0 Å². The van der Waals surface area contributed by atoms with E-state index >= 15 is 0 Å². The van der Waals surface area contributed by atoms with Crippen LogP contribution in [0, 0.1) is 0 Å². The Labute approximate surface area is 182 Å². The Kier molecular flexibility index (Phi) is 6.86. The Morgan fingerprint density at radius 1 is 1.17 bits per heavy atom. The minimum Gasteiger partial charge on any atom is -0.496 e. The van der Waals surface area contributed by atoms with Crippen LogP contribution in [0.1, 0.15) is 15.9 Å². The van der Waals surface area contributed by atoms with Gasteiger partial charge >= 0.3 is 5.97 Å². The second kappa shape index (κ2) is 9.55. The lowest BCUT2D eigenvalue weighted by Crippen LogP contribution is -2.33. The van der Waals surface area contributed by atoms with E-state index in [2.05, 4.69) is 0 Å². The highest BCUT2D eigenvalue weighted by atomic mass is 32.2. The van der Waals surface area contributed by atoms with Crippen molar-refractivity contribution in [2.75, 3.05) is 20.3 Å². The summed E-state index contributed by atoms with van der Waals surface area (Å²) in [6, 6.07) is 13.7. The second-order valence-corrected chi connectivity index (χ2v) is 7.82. The number of ether oxygens (including phenoxy) is 2. The Morgan fingerprint density at radius 3 is 2.53 bits per heavy atom. The van der Waals surface area contributed by atoms with Gasteiger partial charge in [-0.05, 0) is 35.9 Å². The Bertz CT molecular complexity index is 1030. The van der Waals surface area contributed by atoms with Crippen LogP contribution < -0.4 is 9.47 Å². The monoisotopic (exact) mass is 443 g/mol. The first-order valence-electron chi connectivity index (χ1n) is 8.75. The minimum atomic E-state index is -1.13. The Balaban J connectivity index is 1.63. The summed E-state index contributed by atoms with van der Waals surface area (Å²) in [6.07, 6.45) is 1.63. The van der Waals surface area contributed by atoms with Crippen molar-refractivity contribution < 1.29 is 29.0 Å². The smallest absolute Gasteiger partial charge is 0.323 e. The number of methoxy groups -OCH3 is 1. The average molecular weight is 444 g/mol. The standard InChI is InChI=1S/C21H17NO6S2/c1-27-17-5-3-2-4-15(17)16(23)12-28-14-8-6-13(7-9-14)10-18-20(26)22(11-19(24)25)21(29)30-18/h2-10H,11-12H2,1H3,(H,24,25)/b18-10-. The number of hydrogen-bond donors (Lipinski definition) is 1. The number of carboxylic acids is 1. The first-order valence-corrected chi connectivity index (χ1v) is 9.97. The van der Waals surface area contributed by atoms with Gasteiger partial charge in [0.05, 0.1) is 17.6 Å². The van der Waals surface area contributed by atoms with Gasteiger partial charge < -0.3 is 14.6 Å². The van der Waals surface area contributed by atoms with Crippen LogP contribution >= 0.6 is 24.0 Å². The van der Waals surface area contributed by atoms with Crippen molar-refractivity contribution >= 4 is 52.0 Å². The molecule has 0 unspecified atom stereocenters. The number of nitrogens with zero attached hydrogens (tertiary/aromatic N) is 1. The minimum absolute atomic E-state index is 0.145. The maximum absolute atomic E-state index is 12.4. The number of amides is 1. The highest BCUT2D eigenvalue weighted by molar-refractivity contribution is 8.26. The van der Waals surface area contributed by atoms with Gasteiger partial charge in [-0.1, -0.05) is 48.2 Å². The molecule has 1 saturated heterocycles. The van der Waals surface area contributed by atoms with E-state index in [4.69, 9.17) is 26.8 Å². The number of Topliss-reactive ketones (excluding diaryl/α,β-unsaturated/α-hetero) is 1. The molecule has 1 aliphatic rings. The molecule has 1 heterocycles. The fourth-order valence-electron chi connectivity index (χ4n) is 2.68. The maximum Gasteiger partial charge on any atom is 0.323 e. The number of rotatable bonds is 8. The molecule has 1 N–H and O–H groups in total. The molecule has 0 aliphatic carbocycles. The Morgan fingerprint density at radius 2 is 1.87 bits per heavy atom. The molecule has 3 rings (SSSR count). The van der Waals surface area contributed by atoms with E-state index in [1.54, 1.807) is 54.6 Å². The average Bonchev–Trinajstić information content (AvgIpc) is 3.00. The van der Waals surface area contributed by atoms with Gasteiger partial charge in [0.1, 0.15) is 22.4 Å². The number of para-hydroxylation sites is 1. The lowest BCUT2D eigenvalue weighted by Gasteiger charge is -2.10. The van der Waals surface area contributed by atoms with Crippen molar-refractivity contribution in [2.24, 2.45) is 0 Å². The molecule has 0 aromatic heterocycles. The van der Waals surface area contributed by atoms with E-state index < -0.39 is 18.4 Å². The van der Waals surface area contributed by atoms with Gasteiger partial charge in [-0.2, -0.15) is 0 Å². The molecule has 1 amide bonds. The molecule has 0 spiro atoms. The maximum atomic E-state index is 12.4. The molecule has 30 heavy (non-hydrogen) atoms. The van der Waals surface area contributed by atoms with Gasteiger partial charge in [-0.3, -0.25) is 19.3 Å². The third-order valence-corrected chi connectivity index (χ3v) is 5.50. The van der Waals surface area contributed by atoms with Crippen LogP contribution in [-0.4, -0.2) is 52.2 Å². The number of thiocarbonyl (C=S) groups is 1. The zero-order valence-corrected chi connectivity index (χ0v) is 17.5. The summed E-state index contributed by atoms with van der Waals surface area (Å²) < 4.78 is 10.9. The number of hydrogen-bond acceptors (Lipinski definition) is 7. The molecule has 0 saturated carbocycles.